The highest BCUT2D eigenvalue weighted by Crippen LogP contribution is 2.38. The summed E-state index contributed by atoms with van der Waals surface area (Å²) in [5, 5.41) is 10.7. The summed E-state index contributed by atoms with van der Waals surface area (Å²) in [6.45, 7) is 0. The molecule has 3 nitrogen and oxygen atoms in total. The minimum Gasteiger partial charge on any atom is -0.248 e. The molecule has 0 radical (unpaired) electrons. The van der Waals surface area contributed by atoms with Gasteiger partial charge in [0.1, 0.15) is 5.52 Å². The second-order valence-corrected chi connectivity index (χ2v) is 6.50. The zero-order chi connectivity index (χ0) is 15.2. The van der Waals surface area contributed by atoms with Crippen LogP contribution in [0.3, 0.4) is 0 Å². The van der Waals surface area contributed by atoms with Gasteiger partial charge in [-0.25, -0.2) is 4.98 Å². The molecule has 0 unspecified atom stereocenters. The molecule has 2 aromatic carbocycles. The Morgan fingerprint density at radius 3 is 2.74 bits per heavy atom. The van der Waals surface area contributed by atoms with Crippen LogP contribution in [-0.4, -0.2) is 15.2 Å². The van der Waals surface area contributed by atoms with Gasteiger partial charge in [0.05, 0.1) is 22.1 Å². The number of pyridine rings is 1. The van der Waals surface area contributed by atoms with Crippen molar-refractivity contribution in [3.63, 3.8) is 0 Å². The second kappa shape index (κ2) is 4.83. The van der Waals surface area contributed by atoms with Crippen LogP contribution in [0.5, 0.6) is 0 Å². The Labute approximate surface area is 136 Å². The highest BCUT2D eigenvalue weighted by atomic mass is 32.1. The van der Waals surface area contributed by atoms with Crippen molar-refractivity contribution in [2.45, 2.75) is 0 Å². The lowest BCUT2D eigenvalue weighted by molar-refractivity contribution is 1.08. The molecular weight excluding hydrogens is 302 g/mol. The van der Waals surface area contributed by atoms with Crippen molar-refractivity contribution in [2.75, 3.05) is 0 Å². The Morgan fingerprint density at radius 1 is 0.783 bits per heavy atom. The molecule has 3 heterocycles. The van der Waals surface area contributed by atoms with E-state index in [9.17, 15) is 0 Å². The fourth-order valence-corrected chi connectivity index (χ4v) is 4.04. The van der Waals surface area contributed by atoms with Gasteiger partial charge < -0.3 is 0 Å². The maximum atomic E-state index is 4.84. The van der Waals surface area contributed by atoms with Gasteiger partial charge in [-0.15, -0.1) is 16.4 Å². The summed E-state index contributed by atoms with van der Waals surface area (Å²) in [7, 11) is 0. The number of benzene rings is 2. The maximum Gasteiger partial charge on any atom is 0.112 e. The van der Waals surface area contributed by atoms with Crippen molar-refractivity contribution in [1.82, 2.24) is 15.2 Å². The molecule has 3 aromatic heterocycles. The predicted octanol–water partition coefficient (Wildman–Crippen LogP) is 5.06. The quantitative estimate of drug-likeness (QED) is 0.434. The second-order valence-electron chi connectivity index (χ2n) is 5.41. The SMILES string of the molecule is c1ccc2nc(-c3cccc4sc5ccnnc5c34)ccc2c1. The third-order valence-corrected chi connectivity index (χ3v) is 5.15. The minimum absolute atomic E-state index is 0.957. The van der Waals surface area contributed by atoms with Crippen LogP contribution in [0.2, 0.25) is 0 Å². The number of fused-ring (bicyclic) bond motifs is 4. The Morgan fingerprint density at radius 2 is 1.74 bits per heavy atom. The fourth-order valence-electron chi connectivity index (χ4n) is 2.98. The molecule has 0 fully saturated rings. The first kappa shape index (κ1) is 12.7. The zero-order valence-corrected chi connectivity index (χ0v) is 12.9. The first-order valence-electron chi connectivity index (χ1n) is 7.39. The molecular formula is C19H11N3S. The normalized spacial score (nSPS) is 11.5. The van der Waals surface area contributed by atoms with E-state index >= 15 is 0 Å². The summed E-state index contributed by atoms with van der Waals surface area (Å²) in [5.74, 6) is 0. The summed E-state index contributed by atoms with van der Waals surface area (Å²) < 4.78 is 2.37. The molecule has 5 aromatic rings. The van der Waals surface area contributed by atoms with E-state index in [-0.39, 0.29) is 0 Å². The third kappa shape index (κ3) is 1.92. The molecule has 0 aliphatic rings. The van der Waals surface area contributed by atoms with E-state index in [1.54, 1.807) is 17.5 Å². The maximum absolute atomic E-state index is 4.84. The molecule has 0 saturated carbocycles. The van der Waals surface area contributed by atoms with Crippen LogP contribution >= 0.6 is 11.3 Å². The third-order valence-electron chi connectivity index (χ3n) is 4.04. The number of thiophene rings is 1. The van der Waals surface area contributed by atoms with E-state index in [1.165, 1.54) is 4.70 Å². The Hall–Kier alpha value is -2.85. The first-order chi connectivity index (χ1) is 11.4. The molecule has 23 heavy (non-hydrogen) atoms. The predicted molar refractivity (Wildman–Crippen MR) is 95.7 cm³/mol. The molecule has 0 bridgehead atoms. The Kier molecular flexibility index (Phi) is 2.66. The lowest BCUT2D eigenvalue weighted by atomic mass is 10.0. The van der Waals surface area contributed by atoms with Crippen molar-refractivity contribution in [3.05, 3.63) is 66.9 Å². The minimum atomic E-state index is 0.957. The van der Waals surface area contributed by atoms with Crippen LogP contribution in [0.15, 0.2) is 66.9 Å². The van der Waals surface area contributed by atoms with E-state index < -0.39 is 0 Å². The van der Waals surface area contributed by atoms with Crippen LogP contribution in [-0.2, 0) is 0 Å². The van der Waals surface area contributed by atoms with Crippen LogP contribution in [0.1, 0.15) is 0 Å². The first-order valence-corrected chi connectivity index (χ1v) is 8.21. The van der Waals surface area contributed by atoms with E-state index in [0.29, 0.717) is 0 Å². The van der Waals surface area contributed by atoms with E-state index in [4.69, 9.17) is 4.98 Å². The monoisotopic (exact) mass is 313 g/mol. The van der Waals surface area contributed by atoms with Gasteiger partial charge in [-0.2, -0.15) is 5.10 Å². The van der Waals surface area contributed by atoms with Gasteiger partial charge >= 0.3 is 0 Å². The van der Waals surface area contributed by atoms with Crippen molar-refractivity contribution in [2.24, 2.45) is 0 Å². The standard InChI is InChI=1S/C19H11N3S/c1-2-6-14-12(4-1)8-9-15(21-14)13-5-3-7-16-18(13)19-17(23-16)10-11-20-22-19/h1-11H. The van der Waals surface area contributed by atoms with Crippen molar-refractivity contribution < 1.29 is 0 Å². The fraction of sp³-hybridized carbons (Fsp3) is 0. The highest BCUT2D eigenvalue weighted by molar-refractivity contribution is 7.25. The zero-order valence-electron chi connectivity index (χ0n) is 12.1. The molecule has 0 spiro atoms. The molecule has 4 heteroatoms. The summed E-state index contributed by atoms with van der Waals surface area (Å²) >= 11 is 1.74. The average Bonchev–Trinajstić information content (AvgIpc) is 3.00. The number of para-hydroxylation sites is 1. The molecule has 0 aliphatic heterocycles. The smallest absolute Gasteiger partial charge is 0.112 e. The van der Waals surface area contributed by atoms with Crippen LogP contribution in [0.4, 0.5) is 0 Å². The number of hydrogen-bond donors (Lipinski definition) is 0. The number of hydrogen-bond acceptors (Lipinski definition) is 4. The lowest BCUT2D eigenvalue weighted by Crippen LogP contribution is -1.87. The molecule has 0 atom stereocenters. The number of nitrogens with zero attached hydrogens (tertiary/aromatic N) is 3. The number of aromatic nitrogens is 3. The summed E-state index contributed by atoms with van der Waals surface area (Å²) in [4.78, 5) is 4.84. The van der Waals surface area contributed by atoms with Crippen molar-refractivity contribution in [3.8, 4) is 11.3 Å². The lowest BCUT2D eigenvalue weighted by Gasteiger charge is -2.05. The van der Waals surface area contributed by atoms with Crippen LogP contribution < -0.4 is 0 Å². The molecule has 0 aliphatic carbocycles. The van der Waals surface area contributed by atoms with E-state index in [2.05, 4.69) is 46.6 Å². The topological polar surface area (TPSA) is 38.7 Å². The summed E-state index contributed by atoms with van der Waals surface area (Å²) in [6.07, 6.45) is 1.74. The van der Waals surface area contributed by atoms with Gasteiger partial charge in [-0.3, -0.25) is 0 Å². The van der Waals surface area contributed by atoms with Crippen LogP contribution in [0, 0.1) is 0 Å². The molecule has 0 saturated heterocycles. The van der Waals surface area contributed by atoms with Gasteiger partial charge in [0.2, 0.25) is 0 Å². The van der Waals surface area contributed by atoms with Crippen LogP contribution in [0.25, 0.3) is 42.5 Å². The van der Waals surface area contributed by atoms with Gasteiger partial charge in [-0.05, 0) is 24.3 Å². The van der Waals surface area contributed by atoms with Crippen molar-refractivity contribution in [1.29, 1.82) is 0 Å². The highest BCUT2D eigenvalue weighted by Gasteiger charge is 2.13. The Balaban J connectivity index is 1.87. The molecule has 108 valence electrons. The van der Waals surface area contributed by atoms with E-state index in [0.717, 1.165) is 37.8 Å². The summed E-state index contributed by atoms with van der Waals surface area (Å²) in [6, 6.07) is 20.7. The molecule has 0 amide bonds. The van der Waals surface area contributed by atoms with E-state index in [1.807, 2.05) is 24.3 Å². The largest absolute Gasteiger partial charge is 0.248 e. The Bertz CT molecular complexity index is 1180. The molecule has 5 rings (SSSR count). The number of rotatable bonds is 1. The van der Waals surface area contributed by atoms with Gasteiger partial charge in [-0.1, -0.05) is 36.4 Å². The summed E-state index contributed by atoms with van der Waals surface area (Å²) in [5.41, 5.74) is 4.05. The van der Waals surface area contributed by atoms with Gasteiger partial charge in [0.25, 0.3) is 0 Å². The van der Waals surface area contributed by atoms with Crippen molar-refractivity contribution >= 4 is 42.5 Å². The van der Waals surface area contributed by atoms with Gasteiger partial charge in [0.15, 0.2) is 0 Å². The van der Waals surface area contributed by atoms with Gasteiger partial charge in [0, 0.05) is 21.0 Å². The molecule has 0 N–H and O–H groups in total. The average molecular weight is 313 g/mol.